The molecule has 0 aliphatic carbocycles. The van der Waals surface area contributed by atoms with Crippen molar-refractivity contribution in [3.05, 3.63) is 29.6 Å². The van der Waals surface area contributed by atoms with Gasteiger partial charge in [-0.1, -0.05) is 5.21 Å². The van der Waals surface area contributed by atoms with Gasteiger partial charge in [-0.05, 0) is 18.2 Å². The van der Waals surface area contributed by atoms with Crippen molar-refractivity contribution in [1.29, 1.82) is 0 Å². The number of hydrogen-bond acceptors (Lipinski definition) is 6. The van der Waals surface area contributed by atoms with Crippen molar-refractivity contribution in [3.8, 4) is 5.75 Å². The number of carboxylic acids is 1. The fourth-order valence-corrected chi connectivity index (χ4v) is 1.38. The molecule has 0 aliphatic heterocycles. The van der Waals surface area contributed by atoms with Gasteiger partial charge in [0.15, 0.2) is 5.82 Å². The Bertz CT molecular complexity index is 627. The summed E-state index contributed by atoms with van der Waals surface area (Å²) in [6.07, 6.45) is 0. The van der Waals surface area contributed by atoms with Gasteiger partial charge in [0, 0.05) is 5.69 Å². The second kappa shape index (κ2) is 5.65. The average molecular weight is 278 g/mol. The molecule has 1 heterocycles. The van der Waals surface area contributed by atoms with Gasteiger partial charge in [-0.25, -0.2) is 9.59 Å². The van der Waals surface area contributed by atoms with E-state index in [4.69, 9.17) is 5.11 Å². The minimum Gasteiger partial charge on any atom is -0.507 e. The molecule has 10 heteroatoms. The molecule has 2 amide bonds. The highest BCUT2D eigenvalue weighted by molar-refractivity contribution is 5.95. The number of H-pyrrole nitrogens is 1. The zero-order valence-electron chi connectivity index (χ0n) is 9.99. The van der Waals surface area contributed by atoms with Crippen LogP contribution in [0.15, 0.2) is 18.2 Å². The van der Waals surface area contributed by atoms with E-state index < -0.39 is 12.0 Å². The van der Waals surface area contributed by atoms with Gasteiger partial charge in [-0.15, -0.1) is 10.2 Å². The number of aromatic nitrogens is 4. The van der Waals surface area contributed by atoms with E-state index in [0.29, 0.717) is 5.82 Å². The molecule has 0 saturated carbocycles. The summed E-state index contributed by atoms with van der Waals surface area (Å²) in [5.74, 6) is -1.37. The maximum Gasteiger partial charge on any atom is 0.339 e. The van der Waals surface area contributed by atoms with Crippen LogP contribution in [0.2, 0.25) is 0 Å². The first kappa shape index (κ1) is 13.3. The predicted molar refractivity (Wildman–Crippen MR) is 65.1 cm³/mol. The Kier molecular flexibility index (Phi) is 3.75. The lowest BCUT2D eigenvalue weighted by molar-refractivity contribution is 0.0693. The van der Waals surface area contributed by atoms with E-state index in [-0.39, 0.29) is 23.5 Å². The van der Waals surface area contributed by atoms with Gasteiger partial charge < -0.3 is 20.8 Å². The van der Waals surface area contributed by atoms with Gasteiger partial charge in [-0.2, -0.15) is 5.21 Å². The smallest absolute Gasteiger partial charge is 0.339 e. The summed E-state index contributed by atoms with van der Waals surface area (Å²) < 4.78 is 0. The van der Waals surface area contributed by atoms with E-state index in [9.17, 15) is 14.7 Å². The van der Waals surface area contributed by atoms with E-state index in [2.05, 4.69) is 31.3 Å². The third-order valence-electron chi connectivity index (χ3n) is 2.28. The van der Waals surface area contributed by atoms with Crippen LogP contribution in [0.1, 0.15) is 16.2 Å². The van der Waals surface area contributed by atoms with Crippen LogP contribution >= 0.6 is 0 Å². The van der Waals surface area contributed by atoms with Crippen LogP contribution in [0, 0.1) is 0 Å². The Hall–Kier alpha value is -3.17. The van der Waals surface area contributed by atoms with Crippen molar-refractivity contribution in [2.45, 2.75) is 6.54 Å². The third kappa shape index (κ3) is 3.19. The molecule has 0 radical (unpaired) electrons. The van der Waals surface area contributed by atoms with Gasteiger partial charge in [-0.3, -0.25) is 0 Å². The second-order valence-electron chi connectivity index (χ2n) is 3.67. The maximum atomic E-state index is 11.6. The molecule has 2 aromatic rings. The summed E-state index contributed by atoms with van der Waals surface area (Å²) in [6.45, 7) is 0.0617. The number of aromatic carboxylic acids is 1. The summed E-state index contributed by atoms with van der Waals surface area (Å²) in [5, 5.41) is 35.9. The Morgan fingerprint density at radius 1 is 1.35 bits per heavy atom. The molecule has 0 spiro atoms. The quantitative estimate of drug-likeness (QED) is 0.490. The molecule has 0 fully saturated rings. The number of tetrazole rings is 1. The number of carbonyl (C=O) groups is 2. The highest BCUT2D eigenvalue weighted by Crippen LogP contribution is 2.21. The van der Waals surface area contributed by atoms with Crippen LogP contribution in [0.5, 0.6) is 5.75 Å². The maximum absolute atomic E-state index is 11.6. The first-order valence-electron chi connectivity index (χ1n) is 5.40. The zero-order chi connectivity index (χ0) is 14.5. The van der Waals surface area contributed by atoms with E-state index in [0.717, 1.165) is 6.07 Å². The molecule has 0 atom stereocenters. The first-order chi connectivity index (χ1) is 9.56. The lowest BCUT2D eigenvalue weighted by Crippen LogP contribution is -2.28. The van der Waals surface area contributed by atoms with Crippen molar-refractivity contribution in [2.75, 3.05) is 5.32 Å². The summed E-state index contributed by atoms with van der Waals surface area (Å²) in [6, 6.07) is 3.12. The second-order valence-corrected chi connectivity index (χ2v) is 3.67. The summed E-state index contributed by atoms with van der Waals surface area (Å²) in [4.78, 5) is 22.4. The third-order valence-corrected chi connectivity index (χ3v) is 2.28. The number of rotatable bonds is 4. The number of nitrogens with one attached hydrogen (secondary N) is 3. The molecule has 0 aliphatic rings. The van der Waals surface area contributed by atoms with Crippen molar-refractivity contribution in [3.63, 3.8) is 0 Å². The Morgan fingerprint density at radius 3 is 2.80 bits per heavy atom. The van der Waals surface area contributed by atoms with E-state index in [1.165, 1.54) is 12.1 Å². The van der Waals surface area contributed by atoms with Gasteiger partial charge in [0.2, 0.25) is 0 Å². The molecule has 2 rings (SSSR count). The number of anilines is 1. The van der Waals surface area contributed by atoms with E-state index >= 15 is 0 Å². The highest BCUT2D eigenvalue weighted by atomic mass is 16.4. The van der Waals surface area contributed by atoms with Gasteiger partial charge >= 0.3 is 12.0 Å². The van der Waals surface area contributed by atoms with Crippen LogP contribution in [-0.4, -0.2) is 42.8 Å². The molecule has 0 saturated heterocycles. The number of phenols is 1. The minimum atomic E-state index is -1.29. The predicted octanol–water partition coefficient (Wildman–Crippen LogP) is -0.0748. The molecule has 1 aromatic heterocycles. The molecule has 10 nitrogen and oxygen atoms in total. The summed E-state index contributed by atoms with van der Waals surface area (Å²) in [5.41, 5.74) is -0.0771. The number of carboxylic acid groups (broad SMARTS) is 1. The monoisotopic (exact) mass is 278 g/mol. The van der Waals surface area contributed by atoms with Crippen LogP contribution in [0.3, 0.4) is 0 Å². The molecule has 20 heavy (non-hydrogen) atoms. The van der Waals surface area contributed by atoms with E-state index in [1.54, 1.807) is 0 Å². The fourth-order valence-electron chi connectivity index (χ4n) is 1.38. The van der Waals surface area contributed by atoms with Crippen LogP contribution in [-0.2, 0) is 6.54 Å². The Labute approximate surface area is 111 Å². The lowest BCUT2D eigenvalue weighted by Gasteiger charge is -2.07. The first-order valence-corrected chi connectivity index (χ1v) is 5.40. The van der Waals surface area contributed by atoms with Crippen molar-refractivity contribution >= 4 is 17.7 Å². The minimum absolute atomic E-state index is 0.0617. The molecule has 104 valence electrons. The number of aromatic amines is 1. The highest BCUT2D eigenvalue weighted by Gasteiger charge is 2.11. The number of nitrogens with zero attached hydrogens (tertiary/aromatic N) is 3. The standard InChI is InChI=1S/C10H10N6O4/c17-7-2-1-5(3-6(7)9(18)19)12-10(20)11-4-8-13-15-16-14-8/h1-3,17H,4H2,(H,18,19)(H2,11,12,20)(H,13,14,15,16). The average Bonchev–Trinajstić information content (AvgIpc) is 2.91. The molecule has 1 aromatic carbocycles. The number of amides is 2. The topological polar surface area (TPSA) is 153 Å². The number of carbonyl (C=O) groups excluding carboxylic acids is 1. The SMILES string of the molecule is O=C(NCc1nn[nH]n1)Nc1ccc(O)c(C(=O)O)c1. The lowest BCUT2D eigenvalue weighted by atomic mass is 10.2. The van der Waals surface area contributed by atoms with Crippen LogP contribution in [0.25, 0.3) is 0 Å². The normalized spacial score (nSPS) is 10.0. The van der Waals surface area contributed by atoms with Crippen molar-refractivity contribution in [2.24, 2.45) is 0 Å². The Balaban J connectivity index is 1.97. The van der Waals surface area contributed by atoms with Crippen LogP contribution in [0.4, 0.5) is 10.5 Å². The summed E-state index contributed by atoms with van der Waals surface area (Å²) in [7, 11) is 0. The van der Waals surface area contributed by atoms with Gasteiger partial charge in [0.1, 0.15) is 11.3 Å². The van der Waals surface area contributed by atoms with Gasteiger partial charge in [0.05, 0.1) is 6.54 Å². The van der Waals surface area contributed by atoms with Crippen molar-refractivity contribution < 1.29 is 19.8 Å². The van der Waals surface area contributed by atoms with Gasteiger partial charge in [0.25, 0.3) is 0 Å². The van der Waals surface area contributed by atoms with Crippen LogP contribution < -0.4 is 10.6 Å². The molecule has 5 N–H and O–H groups in total. The number of urea groups is 1. The van der Waals surface area contributed by atoms with Crippen molar-refractivity contribution in [1.82, 2.24) is 25.9 Å². The number of aromatic hydroxyl groups is 1. The fraction of sp³-hybridized carbons (Fsp3) is 0.100. The van der Waals surface area contributed by atoms with E-state index in [1.807, 2.05) is 0 Å². The Morgan fingerprint density at radius 2 is 2.15 bits per heavy atom. The number of benzene rings is 1. The number of hydrogen-bond donors (Lipinski definition) is 5. The molecular formula is C10H10N6O4. The molecular weight excluding hydrogens is 268 g/mol. The molecule has 0 bridgehead atoms. The molecule has 0 unspecified atom stereocenters. The summed E-state index contributed by atoms with van der Waals surface area (Å²) >= 11 is 0. The largest absolute Gasteiger partial charge is 0.507 e. The zero-order valence-corrected chi connectivity index (χ0v) is 9.99.